The molecule has 0 atom stereocenters. The van der Waals surface area contributed by atoms with Gasteiger partial charge in [-0.1, -0.05) is 6.07 Å². The minimum Gasteiger partial charge on any atom is -0.494 e. The van der Waals surface area contributed by atoms with Crippen molar-refractivity contribution in [2.24, 2.45) is 0 Å². The highest BCUT2D eigenvalue weighted by molar-refractivity contribution is 7.17. The molecule has 0 aliphatic carbocycles. The first-order chi connectivity index (χ1) is 19.5. The van der Waals surface area contributed by atoms with Gasteiger partial charge in [0.1, 0.15) is 5.75 Å². The number of thiophene rings is 1. The molecule has 0 amide bonds. The van der Waals surface area contributed by atoms with Gasteiger partial charge in [0.25, 0.3) is 0 Å². The van der Waals surface area contributed by atoms with Crippen LogP contribution in [0, 0.1) is 0 Å². The molecule has 40 heavy (non-hydrogen) atoms. The number of unbranched alkanes of at least 4 members (excludes halogenated alkanes) is 1. The topological polar surface area (TPSA) is 90.3 Å². The van der Waals surface area contributed by atoms with E-state index in [2.05, 4.69) is 39.4 Å². The molecule has 0 spiro atoms. The van der Waals surface area contributed by atoms with Crippen LogP contribution in [0.3, 0.4) is 0 Å². The Morgan fingerprint density at radius 3 is 2.73 bits per heavy atom. The molecule has 206 valence electrons. The van der Waals surface area contributed by atoms with Crippen molar-refractivity contribution in [2.75, 3.05) is 44.2 Å². The van der Waals surface area contributed by atoms with Gasteiger partial charge in [0.05, 0.1) is 12.1 Å². The first-order valence-electron chi connectivity index (χ1n) is 13.4. The van der Waals surface area contributed by atoms with Gasteiger partial charge < -0.3 is 24.1 Å². The second kappa shape index (κ2) is 11.5. The van der Waals surface area contributed by atoms with Crippen molar-refractivity contribution in [1.82, 2.24) is 9.63 Å². The minimum absolute atomic E-state index is 0.217. The van der Waals surface area contributed by atoms with Crippen molar-refractivity contribution in [3.05, 3.63) is 76.4 Å². The number of fused-ring (bicyclic) bond motifs is 5. The lowest BCUT2D eigenvalue weighted by Crippen LogP contribution is -2.31. The van der Waals surface area contributed by atoms with Crippen LogP contribution in [0.5, 0.6) is 11.5 Å². The molecule has 2 aromatic carbocycles. The monoisotopic (exact) mass is 559 g/mol. The second-order valence-electron chi connectivity index (χ2n) is 9.84. The molecule has 2 aromatic heterocycles. The van der Waals surface area contributed by atoms with Gasteiger partial charge in [-0.25, -0.2) is 9.59 Å². The summed E-state index contributed by atoms with van der Waals surface area (Å²) in [5.74, 6) is -1.34. The number of benzene rings is 2. The van der Waals surface area contributed by atoms with E-state index in [4.69, 9.17) is 14.3 Å². The molecule has 2 aliphatic heterocycles. The molecule has 0 unspecified atom stereocenters. The summed E-state index contributed by atoms with van der Waals surface area (Å²) in [7, 11) is 0. The lowest BCUT2D eigenvalue weighted by Gasteiger charge is -2.24. The Kier molecular flexibility index (Phi) is 7.52. The van der Waals surface area contributed by atoms with Gasteiger partial charge in [-0.3, -0.25) is 4.79 Å². The van der Waals surface area contributed by atoms with Crippen molar-refractivity contribution in [3.8, 4) is 11.5 Å². The average molecular weight is 560 g/mol. The van der Waals surface area contributed by atoms with Crippen LogP contribution in [0.4, 0.5) is 5.69 Å². The van der Waals surface area contributed by atoms with E-state index in [1.165, 1.54) is 21.8 Å². The zero-order valence-electron chi connectivity index (χ0n) is 21.9. The van der Waals surface area contributed by atoms with Gasteiger partial charge in [0.15, 0.2) is 5.75 Å². The fourth-order valence-electron chi connectivity index (χ4n) is 5.20. The third-order valence-electron chi connectivity index (χ3n) is 7.19. The molecule has 0 saturated carbocycles. The normalized spacial score (nSPS) is 17.1. The minimum atomic E-state index is -0.856. The van der Waals surface area contributed by atoms with Crippen LogP contribution < -0.4 is 24.8 Å². The van der Waals surface area contributed by atoms with E-state index in [-0.39, 0.29) is 5.75 Å². The smallest absolute Gasteiger partial charge is 0.356 e. The highest BCUT2D eigenvalue weighted by atomic mass is 32.1. The molecule has 10 heteroatoms. The summed E-state index contributed by atoms with van der Waals surface area (Å²) in [6, 6.07) is 15.4. The van der Waals surface area contributed by atoms with E-state index in [0.29, 0.717) is 23.3 Å². The highest BCUT2D eigenvalue weighted by Crippen LogP contribution is 2.31. The van der Waals surface area contributed by atoms with E-state index in [1.807, 2.05) is 0 Å². The molecule has 1 saturated heterocycles. The van der Waals surface area contributed by atoms with Crippen LogP contribution in [0.1, 0.15) is 19.3 Å². The van der Waals surface area contributed by atoms with Gasteiger partial charge in [0, 0.05) is 59.0 Å². The molecule has 2 aliphatic rings. The number of pyridine rings is 1. The van der Waals surface area contributed by atoms with Crippen LogP contribution >= 0.6 is 11.3 Å². The third-order valence-corrected chi connectivity index (χ3v) is 8.07. The number of rotatable bonds is 7. The molecular formula is C30H29N3O6S. The summed E-state index contributed by atoms with van der Waals surface area (Å²) in [5, 5.41) is 4.08. The summed E-state index contributed by atoms with van der Waals surface area (Å²) >= 11 is 1.79. The number of carbonyl (C=O) groups excluding carboxylic acids is 2. The summed E-state index contributed by atoms with van der Waals surface area (Å²) in [6.45, 7) is 5.75. The lowest BCUT2D eigenvalue weighted by atomic mass is 10.2. The standard InChI is InChI=1S/C30H29N3O6S/c34-28-9-10-29(35)39-33-25-20-22(8-7-21(25)19-26(38-28)30(33)36)37-17-2-1-12-31-13-4-14-32(16-15-31)24-5-3-6-27-23(24)11-18-40-27/h3,5-11,18-20H,1-2,4,12-17H2/b10-9+. The molecule has 0 radical (unpaired) electrons. The number of nitrogens with zero attached hydrogens (tertiary/aromatic N) is 3. The van der Waals surface area contributed by atoms with Crippen molar-refractivity contribution in [2.45, 2.75) is 19.3 Å². The zero-order chi connectivity index (χ0) is 27.5. The SMILES string of the molecule is O=C1/C=C/C(=O)On2c(=O)c(cc3ccc(OCCCCN4CCCN(c5cccc6sccc56)CC4)cc32)O1. The van der Waals surface area contributed by atoms with Crippen molar-refractivity contribution in [1.29, 1.82) is 0 Å². The first-order valence-corrected chi connectivity index (χ1v) is 14.3. The van der Waals surface area contributed by atoms with Crippen molar-refractivity contribution < 1.29 is 23.9 Å². The largest absolute Gasteiger partial charge is 0.494 e. The van der Waals surface area contributed by atoms with Gasteiger partial charge in [-0.05, 0) is 74.1 Å². The van der Waals surface area contributed by atoms with Crippen LogP contribution in [0.2, 0.25) is 0 Å². The number of aromatic nitrogens is 1. The van der Waals surface area contributed by atoms with E-state index in [9.17, 15) is 14.4 Å². The predicted molar refractivity (Wildman–Crippen MR) is 154 cm³/mol. The highest BCUT2D eigenvalue weighted by Gasteiger charge is 2.19. The van der Waals surface area contributed by atoms with Crippen molar-refractivity contribution >= 4 is 50.0 Å². The Balaban J connectivity index is 1.03. The summed E-state index contributed by atoms with van der Waals surface area (Å²) < 4.78 is 13.2. The maximum absolute atomic E-state index is 12.7. The Morgan fingerprint density at radius 1 is 0.900 bits per heavy atom. The van der Waals surface area contributed by atoms with Crippen molar-refractivity contribution in [3.63, 3.8) is 0 Å². The Morgan fingerprint density at radius 2 is 1.80 bits per heavy atom. The van der Waals surface area contributed by atoms with E-state index >= 15 is 0 Å². The number of ether oxygens (including phenoxy) is 2. The average Bonchev–Trinajstić information content (AvgIpc) is 3.33. The lowest BCUT2D eigenvalue weighted by molar-refractivity contribution is -0.138. The Hall–Kier alpha value is -4.15. The molecular weight excluding hydrogens is 530 g/mol. The molecule has 4 aromatic rings. The van der Waals surface area contributed by atoms with E-state index in [1.54, 1.807) is 29.5 Å². The number of esters is 1. The third kappa shape index (κ3) is 5.59. The van der Waals surface area contributed by atoms with E-state index in [0.717, 1.165) is 68.9 Å². The van der Waals surface area contributed by atoms with Crippen LogP contribution in [-0.4, -0.2) is 60.9 Å². The van der Waals surface area contributed by atoms with Gasteiger partial charge in [-0.2, -0.15) is 0 Å². The van der Waals surface area contributed by atoms with Crippen LogP contribution in [0.25, 0.3) is 21.0 Å². The van der Waals surface area contributed by atoms with Gasteiger partial charge >= 0.3 is 17.5 Å². The number of hydrogen-bond donors (Lipinski definition) is 0. The van der Waals surface area contributed by atoms with Gasteiger partial charge in [0.2, 0.25) is 0 Å². The summed E-state index contributed by atoms with van der Waals surface area (Å²) in [6.07, 6.45) is 4.87. The molecule has 4 heterocycles. The zero-order valence-corrected chi connectivity index (χ0v) is 22.7. The first kappa shape index (κ1) is 26.1. The number of carbonyl (C=O) groups is 2. The van der Waals surface area contributed by atoms with Crippen LogP contribution in [-0.2, 0) is 9.59 Å². The fourth-order valence-corrected chi connectivity index (χ4v) is 6.01. The quantitative estimate of drug-likeness (QED) is 0.248. The summed E-state index contributed by atoms with van der Waals surface area (Å²) in [4.78, 5) is 46.8. The van der Waals surface area contributed by atoms with E-state index < -0.39 is 17.5 Å². The molecule has 9 nitrogen and oxygen atoms in total. The maximum Gasteiger partial charge on any atom is 0.356 e. The molecule has 6 rings (SSSR count). The predicted octanol–water partition coefficient (Wildman–Crippen LogP) is 4.02. The number of anilines is 1. The Bertz CT molecular complexity index is 1660. The Labute approximate surface area is 234 Å². The maximum atomic E-state index is 12.7. The fraction of sp³-hybridized carbons (Fsp3) is 0.300. The molecule has 0 N–H and O–H groups in total. The number of hydrogen-bond acceptors (Lipinski definition) is 9. The second-order valence-corrected chi connectivity index (χ2v) is 10.8. The van der Waals surface area contributed by atoms with Gasteiger partial charge in [-0.15, -0.1) is 16.1 Å². The van der Waals surface area contributed by atoms with Crippen LogP contribution in [0.15, 0.2) is 70.9 Å². The molecule has 2 bridgehead atoms. The molecule has 1 fully saturated rings. The summed E-state index contributed by atoms with van der Waals surface area (Å²) in [5.41, 5.74) is 0.947.